The zero-order chi connectivity index (χ0) is 26.5. The molecule has 2 aromatic heterocycles. The van der Waals surface area contributed by atoms with Gasteiger partial charge in [0.1, 0.15) is 0 Å². The molecule has 188 valence electrons. The molecule has 0 saturated heterocycles. The van der Waals surface area contributed by atoms with Crippen LogP contribution in [0.5, 0.6) is 0 Å². The molecule has 0 bridgehead atoms. The molecule has 0 unspecified atom stereocenters. The fourth-order valence-electron chi connectivity index (χ4n) is 5.81. The van der Waals surface area contributed by atoms with E-state index in [0.29, 0.717) is 0 Å². The van der Waals surface area contributed by atoms with Gasteiger partial charge in [-0.1, -0.05) is 140 Å². The van der Waals surface area contributed by atoms with Gasteiger partial charge in [0.25, 0.3) is 0 Å². The van der Waals surface area contributed by atoms with Gasteiger partial charge in [-0.25, -0.2) is 0 Å². The number of hydrogen-bond acceptors (Lipinski definition) is 2. The maximum absolute atomic E-state index is 2.33. The molecule has 2 heteroatoms. The van der Waals surface area contributed by atoms with Crippen LogP contribution in [0, 0.1) is 0 Å². The Morgan fingerprint density at radius 2 is 0.875 bits per heavy atom. The SMILES string of the molecule is c1ccc(-c2ccc(-c3sc(-c4c(-c5ccccc5)ccc5c4sc4ccccc45)c4ccccc34)cc2)cc1. The summed E-state index contributed by atoms with van der Waals surface area (Å²) >= 11 is 3.83. The summed E-state index contributed by atoms with van der Waals surface area (Å²) in [6.45, 7) is 0. The van der Waals surface area contributed by atoms with Crippen molar-refractivity contribution in [1.29, 1.82) is 0 Å². The van der Waals surface area contributed by atoms with Crippen molar-refractivity contribution in [3.05, 3.63) is 146 Å². The lowest BCUT2D eigenvalue weighted by Crippen LogP contribution is -1.84. The molecule has 0 atom stereocenters. The average molecular weight is 545 g/mol. The second kappa shape index (κ2) is 9.60. The van der Waals surface area contributed by atoms with Gasteiger partial charge >= 0.3 is 0 Å². The van der Waals surface area contributed by atoms with Gasteiger partial charge in [-0.15, -0.1) is 22.7 Å². The number of benzene rings is 6. The highest BCUT2D eigenvalue weighted by Crippen LogP contribution is 2.51. The van der Waals surface area contributed by atoms with Gasteiger partial charge < -0.3 is 0 Å². The number of rotatable bonds is 4. The third-order valence-corrected chi connectivity index (χ3v) is 10.2. The Balaban J connectivity index is 1.40. The monoisotopic (exact) mass is 544 g/mol. The molecular weight excluding hydrogens is 521 g/mol. The Labute approximate surface area is 241 Å². The van der Waals surface area contributed by atoms with Gasteiger partial charge in [0.15, 0.2) is 0 Å². The summed E-state index contributed by atoms with van der Waals surface area (Å²) in [6, 6.07) is 52.9. The summed E-state index contributed by atoms with van der Waals surface area (Å²) in [5.74, 6) is 0. The lowest BCUT2D eigenvalue weighted by atomic mass is 9.94. The van der Waals surface area contributed by atoms with Crippen molar-refractivity contribution in [2.75, 3.05) is 0 Å². The normalized spacial score (nSPS) is 11.5. The van der Waals surface area contributed by atoms with E-state index in [4.69, 9.17) is 0 Å². The first-order valence-electron chi connectivity index (χ1n) is 13.5. The second-order valence-electron chi connectivity index (χ2n) is 10.1. The van der Waals surface area contributed by atoms with Crippen LogP contribution in [0.15, 0.2) is 146 Å². The van der Waals surface area contributed by atoms with Crippen molar-refractivity contribution in [2.24, 2.45) is 0 Å². The van der Waals surface area contributed by atoms with Crippen molar-refractivity contribution < 1.29 is 0 Å². The Bertz CT molecular complexity index is 2130. The van der Waals surface area contributed by atoms with Crippen molar-refractivity contribution in [2.45, 2.75) is 0 Å². The van der Waals surface area contributed by atoms with Gasteiger partial charge in [0.2, 0.25) is 0 Å². The van der Waals surface area contributed by atoms with Crippen LogP contribution in [0.2, 0.25) is 0 Å². The smallest absolute Gasteiger partial charge is 0.0448 e. The summed E-state index contributed by atoms with van der Waals surface area (Å²) in [4.78, 5) is 2.66. The quantitative estimate of drug-likeness (QED) is 0.207. The summed E-state index contributed by atoms with van der Waals surface area (Å²) in [6.07, 6.45) is 0. The van der Waals surface area contributed by atoms with E-state index in [1.54, 1.807) is 0 Å². The Hall–Kier alpha value is -4.50. The lowest BCUT2D eigenvalue weighted by Gasteiger charge is -2.11. The van der Waals surface area contributed by atoms with Crippen molar-refractivity contribution in [3.8, 4) is 43.1 Å². The highest BCUT2D eigenvalue weighted by Gasteiger charge is 2.21. The lowest BCUT2D eigenvalue weighted by molar-refractivity contribution is 1.62. The summed E-state index contributed by atoms with van der Waals surface area (Å²) in [5, 5.41) is 5.30. The maximum atomic E-state index is 2.33. The van der Waals surface area contributed by atoms with E-state index < -0.39 is 0 Å². The highest BCUT2D eigenvalue weighted by atomic mass is 32.1. The van der Waals surface area contributed by atoms with Gasteiger partial charge in [-0.05, 0) is 33.9 Å². The first-order valence-corrected chi connectivity index (χ1v) is 15.2. The molecule has 0 amide bonds. The third-order valence-electron chi connectivity index (χ3n) is 7.73. The molecule has 0 aliphatic carbocycles. The molecule has 0 radical (unpaired) electrons. The molecule has 2 heterocycles. The molecule has 0 nitrogen and oxygen atoms in total. The largest absolute Gasteiger partial charge is 0.134 e. The van der Waals surface area contributed by atoms with Crippen molar-refractivity contribution >= 4 is 53.6 Å². The maximum Gasteiger partial charge on any atom is 0.0448 e. The third kappa shape index (κ3) is 3.80. The van der Waals surface area contributed by atoms with E-state index in [2.05, 4.69) is 146 Å². The van der Waals surface area contributed by atoms with Crippen LogP contribution in [-0.4, -0.2) is 0 Å². The second-order valence-corrected chi connectivity index (χ2v) is 12.2. The minimum absolute atomic E-state index is 1.24. The van der Waals surface area contributed by atoms with E-state index in [9.17, 15) is 0 Å². The zero-order valence-corrected chi connectivity index (χ0v) is 23.3. The van der Waals surface area contributed by atoms with Crippen LogP contribution < -0.4 is 0 Å². The number of fused-ring (bicyclic) bond motifs is 4. The molecule has 0 N–H and O–H groups in total. The fourth-order valence-corrected chi connectivity index (χ4v) is 8.48. The molecule has 0 aliphatic rings. The molecule has 0 saturated carbocycles. The zero-order valence-electron chi connectivity index (χ0n) is 21.7. The number of thiophene rings is 2. The first kappa shape index (κ1) is 23.4. The van der Waals surface area contributed by atoms with E-state index in [1.165, 1.54) is 74.1 Å². The predicted octanol–water partition coefficient (Wildman–Crippen LogP) is 11.9. The standard InChI is InChI=1S/C38H24S2/c1-3-11-25(12-4-1)26-19-21-28(22-20-26)36-31-16-7-8-17-32(31)38(40-36)35-29(27-13-5-2-6-14-27)23-24-33-30-15-9-10-18-34(30)39-37(33)35/h1-24H. The van der Waals surface area contributed by atoms with Crippen LogP contribution in [0.1, 0.15) is 0 Å². The van der Waals surface area contributed by atoms with E-state index in [1.807, 2.05) is 22.7 Å². The minimum atomic E-state index is 1.24. The predicted molar refractivity (Wildman–Crippen MR) is 176 cm³/mol. The molecule has 40 heavy (non-hydrogen) atoms. The summed E-state index contributed by atoms with van der Waals surface area (Å²) < 4.78 is 2.70. The Morgan fingerprint density at radius 1 is 0.325 bits per heavy atom. The molecule has 0 fully saturated rings. The van der Waals surface area contributed by atoms with Gasteiger partial charge in [-0.3, -0.25) is 0 Å². The van der Waals surface area contributed by atoms with Crippen molar-refractivity contribution in [1.82, 2.24) is 0 Å². The molecule has 0 aliphatic heterocycles. The molecular formula is C38H24S2. The molecule has 0 spiro atoms. The van der Waals surface area contributed by atoms with Gasteiger partial charge in [0.05, 0.1) is 0 Å². The number of hydrogen-bond donors (Lipinski definition) is 0. The Morgan fingerprint density at radius 3 is 1.60 bits per heavy atom. The van der Waals surface area contributed by atoms with Gasteiger partial charge in [-0.2, -0.15) is 0 Å². The summed E-state index contributed by atoms with van der Waals surface area (Å²) in [7, 11) is 0. The van der Waals surface area contributed by atoms with Crippen LogP contribution in [0.4, 0.5) is 0 Å². The average Bonchev–Trinajstić information content (AvgIpc) is 3.60. The van der Waals surface area contributed by atoms with Crippen molar-refractivity contribution in [3.63, 3.8) is 0 Å². The highest BCUT2D eigenvalue weighted by molar-refractivity contribution is 7.27. The summed E-state index contributed by atoms with van der Waals surface area (Å²) in [5.41, 5.74) is 7.64. The molecule has 8 aromatic rings. The molecule has 6 aromatic carbocycles. The molecule has 8 rings (SSSR count). The van der Waals surface area contributed by atoms with Crippen LogP contribution >= 0.6 is 22.7 Å². The van der Waals surface area contributed by atoms with E-state index >= 15 is 0 Å². The Kier molecular flexibility index (Phi) is 5.62. The van der Waals surface area contributed by atoms with Crippen LogP contribution in [-0.2, 0) is 0 Å². The first-order chi connectivity index (χ1) is 19.8. The van der Waals surface area contributed by atoms with Crippen LogP contribution in [0.25, 0.3) is 74.1 Å². The van der Waals surface area contributed by atoms with E-state index in [-0.39, 0.29) is 0 Å². The van der Waals surface area contributed by atoms with Crippen LogP contribution in [0.3, 0.4) is 0 Å². The van der Waals surface area contributed by atoms with Gasteiger partial charge in [0, 0.05) is 46.3 Å². The topological polar surface area (TPSA) is 0 Å². The minimum Gasteiger partial charge on any atom is -0.134 e. The fraction of sp³-hybridized carbons (Fsp3) is 0. The van der Waals surface area contributed by atoms with E-state index in [0.717, 1.165) is 0 Å².